The lowest BCUT2D eigenvalue weighted by Crippen LogP contribution is -2.36. The summed E-state index contributed by atoms with van der Waals surface area (Å²) in [6.45, 7) is 0. The number of aliphatic carboxylic acids is 1. The molecule has 0 aliphatic rings. The molecule has 6 nitrogen and oxygen atoms in total. The van der Waals surface area contributed by atoms with Crippen LogP contribution in [-0.4, -0.2) is 29.7 Å². The molecule has 0 rings (SSSR count). The minimum absolute atomic E-state index is 0.256. The molecule has 12 heavy (non-hydrogen) atoms. The maximum Gasteiger partial charge on any atom is 0.320 e. The molecule has 0 aliphatic heterocycles. The molecule has 2 unspecified atom stereocenters. The maximum absolute atomic E-state index is 10.6. The topological polar surface area (TPSA) is 123 Å². The van der Waals surface area contributed by atoms with E-state index in [1.54, 1.807) is 0 Å². The Hall–Kier alpha value is -0.180. The molecule has 0 amide bonds. The fourth-order valence-electron chi connectivity index (χ4n) is 0.435. The van der Waals surface area contributed by atoms with Gasteiger partial charge >= 0.3 is 5.97 Å². The second kappa shape index (κ2) is 4.17. The number of halogens is 1. The minimum Gasteiger partial charge on any atom is -0.480 e. The van der Waals surface area contributed by atoms with Crippen molar-refractivity contribution in [1.82, 2.24) is 0 Å². The molecule has 2 atom stereocenters. The van der Waals surface area contributed by atoms with Gasteiger partial charge in [-0.3, -0.25) is 4.79 Å². The van der Waals surface area contributed by atoms with E-state index in [0.717, 1.165) is 0 Å². The molecule has 0 saturated heterocycles. The largest absolute Gasteiger partial charge is 0.480 e. The highest BCUT2D eigenvalue weighted by atomic mass is 79.9. The lowest BCUT2D eigenvalue weighted by atomic mass is 10.2. The highest BCUT2D eigenvalue weighted by molar-refractivity contribution is 9.11. The summed E-state index contributed by atoms with van der Waals surface area (Å²) in [6, 6.07) is -1.23. The summed E-state index contributed by atoms with van der Waals surface area (Å²) in [6.07, 6.45) is -0.256. The molecule has 72 valence electrons. The van der Waals surface area contributed by atoms with E-state index in [-0.39, 0.29) is 6.42 Å². The number of primary sulfonamides is 1. The predicted octanol–water partition coefficient (Wildman–Crippen LogP) is -1.20. The van der Waals surface area contributed by atoms with E-state index in [1.807, 2.05) is 0 Å². The minimum atomic E-state index is -3.76. The molecule has 5 N–H and O–H groups in total. The van der Waals surface area contributed by atoms with Crippen LogP contribution in [0.25, 0.3) is 0 Å². The van der Waals surface area contributed by atoms with Gasteiger partial charge in [0.15, 0.2) is 0 Å². The molecule has 8 heteroatoms. The highest BCUT2D eigenvalue weighted by Gasteiger charge is 2.24. The first-order valence-corrected chi connectivity index (χ1v) is 5.41. The van der Waals surface area contributed by atoms with Gasteiger partial charge in [-0.2, -0.15) is 0 Å². The highest BCUT2D eigenvalue weighted by Crippen LogP contribution is 2.11. The fraction of sp³-hybridized carbons (Fsp3) is 0.750. The van der Waals surface area contributed by atoms with E-state index in [9.17, 15) is 13.2 Å². The summed E-state index contributed by atoms with van der Waals surface area (Å²) in [5.41, 5.74) is 5.06. The van der Waals surface area contributed by atoms with Crippen molar-refractivity contribution >= 4 is 31.9 Å². The molecule has 0 radical (unpaired) electrons. The van der Waals surface area contributed by atoms with Gasteiger partial charge in [0.1, 0.15) is 10.2 Å². The Bertz CT molecular complexity index is 264. The summed E-state index contributed by atoms with van der Waals surface area (Å²) in [5, 5.41) is 13.0. The van der Waals surface area contributed by atoms with Gasteiger partial charge in [-0.1, -0.05) is 15.9 Å². The molecule has 0 aliphatic carbocycles. The molecule has 0 spiro atoms. The molecule has 0 aromatic rings. The second-order valence-electron chi connectivity index (χ2n) is 2.18. The number of carboxylic acid groups (broad SMARTS) is 1. The van der Waals surface area contributed by atoms with Crippen molar-refractivity contribution in [3.8, 4) is 0 Å². The lowest BCUT2D eigenvalue weighted by Gasteiger charge is -2.09. The van der Waals surface area contributed by atoms with Crippen LogP contribution in [-0.2, 0) is 14.8 Å². The Morgan fingerprint density at radius 3 is 2.25 bits per heavy atom. The normalized spacial score (nSPS) is 16.9. The van der Waals surface area contributed by atoms with Gasteiger partial charge in [0.25, 0.3) is 0 Å². The smallest absolute Gasteiger partial charge is 0.320 e. The quantitative estimate of drug-likeness (QED) is 0.548. The van der Waals surface area contributed by atoms with Gasteiger partial charge in [0, 0.05) is 6.42 Å². The molecule has 0 saturated carbocycles. The number of rotatable bonds is 4. The third-order valence-corrected chi connectivity index (χ3v) is 3.96. The molecule has 0 aromatic carbocycles. The predicted molar refractivity (Wildman–Crippen MR) is 46.1 cm³/mol. The zero-order chi connectivity index (χ0) is 9.94. The van der Waals surface area contributed by atoms with Crippen LogP contribution in [0.4, 0.5) is 0 Å². The maximum atomic E-state index is 10.6. The van der Waals surface area contributed by atoms with Gasteiger partial charge in [-0.25, -0.2) is 13.6 Å². The van der Waals surface area contributed by atoms with Crippen molar-refractivity contribution in [2.45, 2.75) is 16.6 Å². The molecule has 0 bridgehead atoms. The van der Waals surface area contributed by atoms with Crippen LogP contribution in [0.2, 0.25) is 0 Å². The van der Waals surface area contributed by atoms with E-state index in [4.69, 9.17) is 16.0 Å². The molecule has 0 heterocycles. The van der Waals surface area contributed by atoms with Crippen molar-refractivity contribution in [2.75, 3.05) is 0 Å². The summed E-state index contributed by atoms with van der Waals surface area (Å²) in [7, 11) is -3.76. The first kappa shape index (κ1) is 11.8. The molecular formula is C4H9BrN2O4S. The van der Waals surface area contributed by atoms with Gasteiger partial charge < -0.3 is 10.8 Å². The Morgan fingerprint density at radius 1 is 1.58 bits per heavy atom. The average molecular weight is 261 g/mol. The van der Waals surface area contributed by atoms with E-state index >= 15 is 0 Å². The van der Waals surface area contributed by atoms with Crippen LogP contribution in [0, 0.1) is 0 Å². The zero-order valence-corrected chi connectivity index (χ0v) is 8.38. The van der Waals surface area contributed by atoms with Crippen LogP contribution >= 0.6 is 15.9 Å². The molecule has 0 fully saturated rings. The third-order valence-electron chi connectivity index (χ3n) is 1.11. The van der Waals surface area contributed by atoms with Crippen LogP contribution in [0.1, 0.15) is 6.42 Å². The Labute approximate surface area is 78.1 Å². The van der Waals surface area contributed by atoms with E-state index in [1.165, 1.54) is 0 Å². The first-order valence-electron chi connectivity index (χ1n) is 2.89. The van der Waals surface area contributed by atoms with E-state index in [0.29, 0.717) is 0 Å². The Balaban J connectivity index is 4.20. The fourth-order valence-corrected chi connectivity index (χ4v) is 1.31. The number of carbonyl (C=O) groups is 1. The zero-order valence-electron chi connectivity index (χ0n) is 5.97. The summed E-state index contributed by atoms with van der Waals surface area (Å²) in [4.78, 5) is 10.2. The van der Waals surface area contributed by atoms with Gasteiger partial charge in [-0.05, 0) is 0 Å². The van der Waals surface area contributed by atoms with E-state index < -0.39 is 26.2 Å². The average Bonchev–Trinajstić information content (AvgIpc) is 1.85. The van der Waals surface area contributed by atoms with Crippen molar-refractivity contribution in [1.29, 1.82) is 0 Å². The molecular weight excluding hydrogens is 252 g/mol. The van der Waals surface area contributed by atoms with Gasteiger partial charge in [-0.15, -0.1) is 0 Å². The molecule has 0 aromatic heterocycles. The van der Waals surface area contributed by atoms with Crippen molar-refractivity contribution in [3.05, 3.63) is 0 Å². The van der Waals surface area contributed by atoms with E-state index in [2.05, 4.69) is 15.9 Å². The lowest BCUT2D eigenvalue weighted by molar-refractivity contribution is -0.138. The van der Waals surface area contributed by atoms with Crippen LogP contribution < -0.4 is 10.9 Å². The van der Waals surface area contributed by atoms with Crippen LogP contribution in [0.15, 0.2) is 0 Å². The monoisotopic (exact) mass is 260 g/mol. The number of alkyl halides is 1. The Kier molecular flexibility index (Phi) is 4.11. The second-order valence-corrected chi connectivity index (χ2v) is 5.64. The number of sulfonamides is 1. The first-order chi connectivity index (χ1) is 5.25. The van der Waals surface area contributed by atoms with Gasteiger partial charge in [0.2, 0.25) is 10.0 Å². The SMILES string of the molecule is NC(CC(Br)S(N)(=O)=O)C(=O)O. The number of hydrogen-bond donors (Lipinski definition) is 3. The van der Waals surface area contributed by atoms with Crippen LogP contribution in [0.5, 0.6) is 0 Å². The van der Waals surface area contributed by atoms with Crippen molar-refractivity contribution in [3.63, 3.8) is 0 Å². The van der Waals surface area contributed by atoms with Gasteiger partial charge in [0.05, 0.1) is 0 Å². The third kappa shape index (κ3) is 4.00. The summed E-state index contributed by atoms with van der Waals surface area (Å²) >= 11 is 2.71. The number of carboxylic acids is 1. The number of hydrogen-bond acceptors (Lipinski definition) is 4. The summed E-state index contributed by atoms with van der Waals surface area (Å²) in [5.74, 6) is -1.26. The van der Waals surface area contributed by atoms with Crippen LogP contribution in [0.3, 0.4) is 0 Å². The summed E-state index contributed by atoms with van der Waals surface area (Å²) < 4.78 is 20.0. The van der Waals surface area contributed by atoms with Crippen molar-refractivity contribution in [2.24, 2.45) is 10.9 Å². The Morgan fingerprint density at radius 2 is 2.00 bits per heavy atom. The standard InChI is InChI=1S/C4H9BrN2O4S/c5-3(12(7,10)11)1-2(6)4(8)9/h2-3H,1,6H2,(H,8,9)(H2,7,10,11). The van der Waals surface area contributed by atoms with Crippen molar-refractivity contribution < 1.29 is 18.3 Å². The number of nitrogens with two attached hydrogens (primary N) is 2.